The molecule has 0 aromatic carbocycles. The molecule has 0 rings (SSSR count). The number of carbonyl (C=O) groups excluding carboxylic acids is 1. The van der Waals surface area contributed by atoms with Crippen molar-refractivity contribution in [1.29, 1.82) is 0 Å². The second-order valence-electron chi connectivity index (χ2n) is 3.93. The zero-order valence-electron chi connectivity index (χ0n) is 9.72. The van der Waals surface area contributed by atoms with Crippen molar-refractivity contribution in [2.24, 2.45) is 0 Å². The van der Waals surface area contributed by atoms with Gasteiger partial charge >= 0.3 is 0 Å². The molecule has 1 nitrogen and oxygen atoms in total. The van der Waals surface area contributed by atoms with Crippen LogP contribution in [0.1, 0.15) is 65.2 Å². The van der Waals surface area contributed by atoms with Crippen LogP contribution in [0, 0.1) is 0 Å². The van der Waals surface area contributed by atoms with Gasteiger partial charge in [-0.15, -0.1) is 0 Å². The van der Waals surface area contributed by atoms with Crippen molar-refractivity contribution in [2.75, 3.05) is 0 Å². The molecule has 0 atom stereocenters. The van der Waals surface area contributed by atoms with E-state index in [1.165, 1.54) is 38.5 Å². The van der Waals surface area contributed by atoms with E-state index >= 15 is 0 Å². The summed E-state index contributed by atoms with van der Waals surface area (Å²) in [6.07, 6.45) is 13.9. The molecule has 14 heavy (non-hydrogen) atoms. The van der Waals surface area contributed by atoms with Crippen LogP contribution in [0.4, 0.5) is 0 Å². The molecule has 0 spiro atoms. The minimum Gasteiger partial charge on any atom is -0.300 e. The number of hydrogen-bond donors (Lipinski definition) is 0. The van der Waals surface area contributed by atoms with Crippen LogP contribution in [-0.2, 0) is 4.79 Å². The fourth-order valence-corrected chi connectivity index (χ4v) is 1.41. The van der Waals surface area contributed by atoms with Crippen LogP contribution in [0.2, 0.25) is 0 Å². The Bertz CT molecular complexity index is 159. The maximum atomic E-state index is 10.6. The molecule has 0 N–H and O–H groups in total. The summed E-state index contributed by atoms with van der Waals surface area (Å²) in [5.74, 6) is 0.254. The lowest BCUT2D eigenvalue weighted by molar-refractivity contribution is -0.116. The Hall–Kier alpha value is -0.590. The molecule has 0 aromatic heterocycles. The molecule has 0 aliphatic heterocycles. The van der Waals surface area contributed by atoms with Gasteiger partial charge in [-0.25, -0.2) is 0 Å². The quantitative estimate of drug-likeness (QED) is 0.397. The summed E-state index contributed by atoms with van der Waals surface area (Å²) < 4.78 is 0. The summed E-state index contributed by atoms with van der Waals surface area (Å²) in [6, 6.07) is 0. The first kappa shape index (κ1) is 13.4. The fourth-order valence-electron chi connectivity index (χ4n) is 1.41. The predicted octanol–water partition coefficient (Wildman–Crippen LogP) is 4.27. The van der Waals surface area contributed by atoms with Crippen LogP contribution in [-0.4, -0.2) is 5.78 Å². The highest BCUT2D eigenvalue weighted by Gasteiger charge is 1.88. The Kier molecular flexibility index (Phi) is 10.0. The van der Waals surface area contributed by atoms with Crippen LogP contribution in [0.5, 0.6) is 0 Å². The zero-order valence-corrected chi connectivity index (χ0v) is 9.72. The molecule has 0 saturated heterocycles. The van der Waals surface area contributed by atoms with Gasteiger partial charge in [0.2, 0.25) is 0 Å². The summed E-state index contributed by atoms with van der Waals surface area (Å²) in [7, 11) is 0. The zero-order chi connectivity index (χ0) is 10.6. The van der Waals surface area contributed by atoms with Gasteiger partial charge in [-0.1, -0.05) is 51.2 Å². The molecular weight excluding hydrogens is 172 g/mol. The molecule has 0 bridgehead atoms. The first-order valence-corrected chi connectivity index (χ1v) is 5.91. The number of carbonyl (C=O) groups is 1. The van der Waals surface area contributed by atoms with Crippen molar-refractivity contribution >= 4 is 5.78 Å². The van der Waals surface area contributed by atoms with Gasteiger partial charge < -0.3 is 0 Å². The smallest absolute Gasteiger partial charge is 0.133 e. The van der Waals surface area contributed by atoms with E-state index in [-0.39, 0.29) is 5.78 Å². The predicted molar refractivity (Wildman–Crippen MR) is 62.4 cm³/mol. The molecule has 0 aliphatic rings. The second-order valence-corrected chi connectivity index (χ2v) is 3.93. The molecule has 0 fully saturated rings. The first-order valence-electron chi connectivity index (χ1n) is 5.91. The molecule has 0 aliphatic carbocycles. The lowest BCUT2D eigenvalue weighted by Gasteiger charge is -1.97. The Morgan fingerprint density at radius 1 is 1.00 bits per heavy atom. The number of allylic oxidation sites excluding steroid dienone is 2. The summed E-state index contributed by atoms with van der Waals surface area (Å²) in [5.41, 5.74) is 0. The molecule has 0 unspecified atom stereocenters. The SMILES string of the molecule is CCCCCCCC/C=C/CC(C)=O. The van der Waals surface area contributed by atoms with Crippen LogP contribution >= 0.6 is 0 Å². The fraction of sp³-hybridized carbons (Fsp3) is 0.769. The molecule has 0 saturated carbocycles. The lowest BCUT2D eigenvalue weighted by Crippen LogP contribution is -1.84. The van der Waals surface area contributed by atoms with Crippen LogP contribution in [0.3, 0.4) is 0 Å². The van der Waals surface area contributed by atoms with E-state index in [1.807, 2.05) is 6.08 Å². The third kappa shape index (κ3) is 11.4. The summed E-state index contributed by atoms with van der Waals surface area (Å²) >= 11 is 0. The van der Waals surface area contributed by atoms with Crippen LogP contribution in [0.25, 0.3) is 0 Å². The number of hydrogen-bond acceptors (Lipinski definition) is 1. The normalized spacial score (nSPS) is 11.0. The third-order valence-corrected chi connectivity index (χ3v) is 2.30. The third-order valence-electron chi connectivity index (χ3n) is 2.30. The minimum absolute atomic E-state index is 0.254. The Morgan fingerprint density at radius 3 is 2.29 bits per heavy atom. The van der Waals surface area contributed by atoms with Gasteiger partial charge in [0.25, 0.3) is 0 Å². The number of unbranched alkanes of at least 4 members (excludes halogenated alkanes) is 6. The summed E-state index contributed by atoms with van der Waals surface area (Å²) in [5, 5.41) is 0. The van der Waals surface area contributed by atoms with Crippen molar-refractivity contribution < 1.29 is 4.79 Å². The number of Topliss-reactive ketones (excluding diaryl/α,β-unsaturated/α-hetero) is 1. The molecule has 0 amide bonds. The van der Waals surface area contributed by atoms with E-state index in [4.69, 9.17) is 0 Å². The van der Waals surface area contributed by atoms with Gasteiger partial charge in [0.1, 0.15) is 5.78 Å². The van der Waals surface area contributed by atoms with E-state index in [0.717, 1.165) is 6.42 Å². The summed E-state index contributed by atoms with van der Waals surface area (Å²) in [4.78, 5) is 10.6. The molecule has 0 radical (unpaired) electrons. The summed E-state index contributed by atoms with van der Waals surface area (Å²) in [6.45, 7) is 3.87. The lowest BCUT2D eigenvalue weighted by atomic mass is 10.1. The van der Waals surface area contributed by atoms with Crippen LogP contribution < -0.4 is 0 Å². The maximum absolute atomic E-state index is 10.6. The minimum atomic E-state index is 0.254. The van der Waals surface area contributed by atoms with E-state index in [9.17, 15) is 4.79 Å². The van der Waals surface area contributed by atoms with E-state index in [1.54, 1.807) is 6.92 Å². The highest BCUT2D eigenvalue weighted by molar-refractivity contribution is 5.76. The van der Waals surface area contributed by atoms with Gasteiger partial charge in [-0.05, 0) is 19.8 Å². The Labute approximate surface area is 88.6 Å². The van der Waals surface area contributed by atoms with Gasteiger partial charge in [0, 0.05) is 6.42 Å². The van der Waals surface area contributed by atoms with Crippen LogP contribution in [0.15, 0.2) is 12.2 Å². The first-order chi connectivity index (χ1) is 6.77. The second kappa shape index (κ2) is 10.5. The van der Waals surface area contributed by atoms with Crippen molar-refractivity contribution in [2.45, 2.75) is 65.2 Å². The molecular formula is C13H24O. The van der Waals surface area contributed by atoms with Gasteiger partial charge in [-0.3, -0.25) is 4.79 Å². The Morgan fingerprint density at radius 2 is 1.64 bits per heavy atom. The number of ketones is 1. The standard InChI is InChI=1S/C13H24O/c1-3-4-5-6-7-8-9-10-11-12-13(2)14/h10-11H,3-9,12H2,1-2H3/b11-10+. The molecule has 82 valence electrons. The van der Waals surface area contributed by atoms with Gasteiger partial charge in [-0.2, -0.15) is 0 Å². The van der Waals surface area contributed by atoms with Crippen molar-refractivity contribution in [3.8, 4) is 0 Å². The topological polar surface area (TPSA) is 17.1 Å². The molecule has 0 heterocycles. The monoisotopic (exact) mass is 196 g/mol. The average molecular weight is 196 g/mol. The maximum Gasteiger partial charge on any atom is 0.133 e. The molecule has 1 heteroatoms. The number of rotatable bonds is 9. The molecule has 0 aromatic rings. The van der Waals surface area contributed by atoms with E-state index < -0.39 is 0 Å². The average Bonchev–Trinajstić information content (AvgIpc) is 2.15. The highest BCUT2D eigenvalue weighted by Crippen LogP contribution is 2.07. The van der Waals surface area contributed by atoms with Gasteiger partial charge in [0.15, 0.2) is 0 Å². The van der Waals surface area contributed by atoms with Gasteiger partial charge in [0.05, 0.1) is 0 Å². The van der Waals surface area contributed by atoms with Crippen molar-refractivity contribution in [3.63, 3.8) is 0 Å². The van der Waals surface area contributed by atoms with Crippen molar-refractivity contribution in [3.05, 3.63) is 12.2 Å². The van der Waals surface area contributed by atoms with Crippen molar-refractivity contribution in [1.82, 2.24) is 0 Å². The highest BCUT2D eigenvalue weighted by atomic mass is 16.1. The Balaban J connectivity index is 3.05. The largest absolute Gasteiger partial charge is 0.300 e. The van der Waals surface area contributed by atoms with E-state index in [2.05, 4.69) is 13.0 Å². The van der Waals surface area contributed by atoms with E-state index in [0.29, 0.717) is 6.42 Å².